The van der Waals surface area contributed by atoms with Crippen molar-refractivity contribution in [2.45, 2.75) is 19.9 Å². The van der Waals surface area contributed by atoms with E-state index in [9.17, 15) is 0 Å². The van der Waals surface area contributed by atoms with Crippen LogP contribution in [0, 0.1) is 6.92 Å². The van der Waals surface area contributed by atoms with E-state index >= 15 is 0 Å². The first-order valence-corrected chi connectivity index (χ1v) is 8.59. The summed E-state index contributed by atoms with van der Waals surface area (Å²) < 4.78 is 5.39. The van der Waals surface area contributed by atoms with Crippen molar-refractivity contribution >= 4 is 11.8 Å². The van der Waals surface area contributed by atoms with Crippen molar-refractivity contribution in [2.75, 3.05) is 24.3 Å². The standard InChI is InChI=1S/C20H23N5O/c1-15-12-19(23-14-16-6-5-10-21-13-16)25-20(24-15)22-11-9-17-7-3-4-8-18(17)26-2/h3-8,10,12-13H,9,11,14H2,1-2H3,(H2,22,23,24,25). The van der Waals surface area contributed by atoms with Gasteiger partial charge in [0.25, 0.3) is 0 Å². The second-order valence-corrected chi connectivity index (χ2v) is 5.92. The van der Waals surface area contributed by atoms with E-state index in [2.05, 4.69) is 31.7 Å². The number of aromatic nitrogens is 3. The third-order valence-electron chi connectivity index (χ3n) is 3.92. The van der Waals surface area contributed by atoms with Crippen LogP contribution in [0.2, 0.25) is 0 Å². The first kappa shape index (κ1) is 17.7. The number of benzene rings is 1. The fraction of sp³-hybridized carbons (Fsp3) is 0.250. The second kappa shape index (κ2) is 8.80. The Morgan fingerprint density at radius 3 is 2.73 bits per heavy atom. The lowest BCUT2D eigenvalue weighted by molar-refractivity contribution is 0.410. The van der Waals surface area contributed by atoms with Gasteiger partial charge in [-0.15, -0.1) is 0 Å². The molecule has 0 aliphatic rings. The van der Waals surface area contributed by atoms with Gasteiger partial charge in [-0.05, 0) is 36.6 Å². The van der Waals surface area contributed by atoms with E-state index in [0.717, 1.165) is 41.4 Å². The Morgan fingerprint density at radius 2 is 1.92 bits per heavy atom. The van der Waals surface area contributed by atoms with Gasteiger partial charge in [0.05, 0.1) is 7.11 Å². The summed E-state index contributed by atoms with van der Waals surface area (Å²) in [6, 6.07) is 13.9. The van der Waals surface area contributed by atoms with E-state index in [1.54, 1.807) is 13.3 Å². The molecular formula is C20H23N5O. The molecule has 6 nitrogen and oxygen atoms in total. The highest BCUT2D eigenvalue weighted by atomic mass is 16.5. The van der Waals surface area contributed by atoms with E-state index in [0.29, 0.717) is 12.5 Å². The number of nitrogens with one attached hydrogen (secondary N) is 2. The molecule has 0 fully saturated rings. The van der Waals surface area contributed by atoms with Crippen molar-refractivity contribution in [2.24, 2.45) is 0 Å². The molecule has 1 aromatic carbocycles. The van der Waals surface area contributed by atoms with Gasteiger partial charge in [0, 0.05) is 37.2 Å². The van der Waals surface area contributed by atoms with E-state index < -0.39 is 0 Å². The summed E-state index contributed by atoms with van der Waals surface area (Å²) in [7, 11) is 1.69. The molecule has 0 spiro atoms. The smallest absolute Gasteiger partial charge is 0.224 e. The summed E-state index contributed by atoms with van der Waals surface area (Å²) in [5.41, 5.74) is 3.17. The molecule has 26 heavy (non-hydrogen) atoms. The monoisotopic (exact) mass is 349 g/mol. The average molecular weight is 349 g/mol. The van der Waals surface area contributed by atoms with Crippen LogP contribution in [-0.4, -0.2) is 28.6 Å². The average Bonchev–Trinajstić information content (AvgIpc) is 2.67. The van der Waals surface area contributed by atoms with Crippen molar-refractivity contribution in [3.8, 4) is 5.75 Å². The zero-order valence-electron chi connectivity index (χ0n) is 15.1. The number of pyridine rings is 1. The molecule has 3 rings (SSSR count). The van der Waals surface area contributed by atoms with Gasteiger partial charge in [0.15, 0.2) is 0 Å². The summed E-state index contributed by atoms with van der Waals surface area (Å²) in [6.45, 7) is 3.36. The summed E-state index contributed by atoms with van der Waals surface area (Å²) >= 11 is 0. The van der Waals surface area contributed by atoms with Crippen LogP contribution in [0.5, 0.6) is 5.75 Å². The van der Waals surface area contributed by atoms with Gasteiger partial charge in [-0.2, -0.15) is 4.98 Å². The van der Waals surface area contributed by atoms with Crippen molar-refractivity contribution in [1.29, 1.82) is 0 Å². The number of anilines is 2. The van der Waals surface area contributed by atoms with Crippen LogP contribution < -0.4 is 15.4 Å². The second-order valence-electron chi connectivity index (χ2n) is 5.92. The van der Waals surface area contributed by atoms with Crippen molar-refractivity contribution in [3.05, 3.63) is 71.7 Å². The lowest BCUT2D eigenvalue weighted by Gasteiger charge is -2.11. The van der Waals surface area contributed by atoms with Gasteiger partial charge in [-0.25, -0.2) is 4.98 Å². The molecule has 2 N–H and O–H groups in total. The van der Waals surface area contributed by atoms with Gasteiger partial charge < -0.3 is 15.4 Å². The Labute approximate surface area is 153 Å². The van der Waals surface area contributed by atoms with Crippen LogP contribution >= 0.6 is 0 Å². The Bertz CT molecular complexity index is 839. The van der Waals surface area contributed by atoms with Gasteiger partial charge >= 0.3 is 0 Å². The molecule has 2 heterocycles. The van der Waals surface area contributed by atoms with Gasteiger partial charge in [-0.1, -0.05) is 24.3 Å². The Morgan fingerprint density at radius 1 is 1.04 bits per heavy atom. The molecule has 0 saturated heterocycles. The summed E-state index contributed by atoms with van der Waals surface area (Å²) in [6.07, 6.45) is 4.44. The molecule has 0 saturated carbocycles. The molecule has 6 heteroatoms. The molecule has 2 aromatic heterocycles. The first-order chi connectivity index (χ1) is 12.7. The summed E-state index contributed by atoms with van der Waals surface area (Å²) in [4.78, 5) is 13.1. The number of rotatable bonds is 8. The number of nitrogens with zero attached hydrogens (tertiary/aromatic N) is 3. The summed E-state index contributed by atoms with van der Waals surface area (Å²) in [5.74, 6) is 2.31. The quantitative estimate of drug-likeness (QED) is 0.649. The minimum atomic E-state index is 0.619. The van der Waals surface area contributed by atoms with Crippen molar-refractivity contribution in [3.63, 3.8) is 0 Å². The number of hydrogen-bond acceptors (Lipinski definition) is 6. The molecule has 0 unspecified atom stereocenters. The fourth-order valence-electron chi connectivity index (χ4n) is 2.65. The first-order valence-electron chi connectivity index (χ1n) is 8.59. The molecule has 0 aliphatic carbocycles. The number of methoxy groups -OCH3 is 1. The Hall–Kier alpha value is -3.15. The molecule has 0 amide bonds. The van der Waals surface area contributed by atoms with E-state index in [1.807, 2.05) is 49.5 Å². The molecule has 0 aliphatic heterocycles. The SMILES string of the molecule is COc1ccccc1CCNc1nc(C)cc(NCc2cccnc2)n1. The third kappa shape index (κ3) is 4.92. The highest BCUT2D eigenvalue weighted by Gasteiger charge is 2.04. The maximum Gasteiger partial charge on any atom is 0.224 e. The van der Waals surface area contributed by atoms with Crippen LogP contribution in [0.4, 0.5) is 11.8 Å². The van der Waals surface area contributed by atoms with Crippen LogP contribution in [0.3, 0.4) is 0 Å². The van der Waals surface area contributed by atoms with Gasteiger partial charge in [-0.3, -0.25) is 4.98 Å². The lowest BCUT2D eigenvalue weighted by atomic mass is 10.1. The third-order valence-corrected chi connectivity index (χ3v) is 3.92. The molecule has 0 radical (unpaired) electrons. The minimum absolute atomic E-state index is 0.619. The van der Waals surface area contributed by atoms with Crippen LogP contribution in [0.1, 0.15) is 16.8 Å². The number of aryl methyl sites for hydroxylation is 1. The molecule has 0 bridgehead atoms. The van der Waals surface area contributed by atoms with E-state index in [1.165, 1.54) is 0 Å². The number of hydrogen-bond donors (Lipinski definition) is 2. The van der Waals surface area contributed by atoms with E-state index in [-0.39, 0.29) is 0 Å². The van der Waals surface area contributed by atoms with E-state index in [4.69, 9.17) is 4.74 Å². The normalized spacial score (nSPS) is 10.4. The Balaban J connectivity index is 1.59. The van der Waals surface area contributed by atoms with Crippen LogP contribution in [-0.2, 0) is 13.0 Å². The molecule has 0 atom stereocenters. The predicted octanol–water partition coefficient (Wildman–Crippen LogP) is 3.46. The maximum atomic E-state index is 5.39. The molecule has 3 aromatic rings. The van der Waals surface area contributed by atoms with Crippen LogP contribution in [0.15, 0.2) is 54.9 Å². The Kier molecular flexibility index (Phi) is 5.98. The number of para-hydroxylation sites is 1. The van der Waals surface area contributed by atoms with Gasteiger partial charge in [0.2, 0.25) is 5.95 Å². The largest absolute Gasteiger partial charge is 0.496 e. The van der Waals surface area contributed by atoms with Gasteiger partial charge in [0.1, 0.15) is 11.6 Å². The fourth-order valence-corrected chi connectivity index (χ4v) is 2.65. The molecular weight excluding hydrogens is 326 g/mol. The zero-order chi connectivity index (χ0) is 18.2. The topological polar surface area (TPSA) is 72.0 Å². The van der Waals surface area contributed by atoms with Crippen LogP contribution in [0.25, 0.3) is 0 Å². The van der Waals surface area contributed by atoms with Crippen molar-refractivity contribution in [1.82, 2.24) is 15.0 Å². The van der Waals surface area contributed by atoms with Crippen molar-refractivity contribution < 1.29 is 4.74 Å². The maximum absolute atomic E-state index is 5.39. The summed E-state index contributed by atoms with van der Waals surface area (Å²) in [5, 5.41) is 6.61. The highest BCUT2D eigenvalue weighted by molar-refractivity contribution is 5.43. The minimum Gasteiger partial charge on any atom is -0.496 e. The molecule has 134 valence electrons. The zero-order valence-corrected chi connectivity index (χ0v) is 15.1. The number of ether oxygens (including phenoxy) is 1. The predicted molar refractivity (Wildman–Crippen MR) is 104 cm³/mol. The lowest BCUT2D eigenvalue weighted by Crippen LogP contribution is -2.11. The highest BCUT2D eigenvalue weighted by Crippen LogP contribution is 2.18.